The number of rotatable bonds is 7. The summed E-state index contributed by atoms with van der Waals surface area (Å²) in [6.07, 6.45) is 1.05. The SMILES string of the molecule is C=CC(=O)OCCO.C[N+](C)(C)CCOP=O. The molecule has 0 aliphatic heterocycles. The number of likely N-dealkylation sites (N-methyl/N-ethyl adjacent to an activating group) is 1. The average Bonchev–Trinajstić information content (AvgIpc) is 2.25. The number of ether oxygens (including phenoxy) is 1. The first-order chi connectivity index (χ1) is 7.87. The Bertz CT molecular complexity index is 227. The van der Waals surface area contributed by atoms with Crippen LogP contribution in [-0.4, -0.2) is 63.1 Å². The summed E-state index contributed by atoms with van der Waals surface area (Å²) < 4.78 is 19.5. The summed E-state index contributed by atoms with van der Waals surface area (Å²) in [5.41, 5.74) is 0. The van der Waals surface area contributed by atoms with Crippen LogP contribution >= 0.6 is 8.69 Å². The van der Waals surface area contributed by atoms with Crippen LogP contribution in [0.1, 0.15) is 0 Å². The van der Waals surface area contributed by atoms with E-state index in [1.54, 1.807) is 0 Å². The summed E-state index contributed by atoms with van der Waals surface area (Å²) in [6.45, 7) is 4.50. The highest BCUT2D eigenvalue weighted by Gasteiger charge is 2.04. The molecule has 0 heterocycles. The van der Waals surface area contributed by atoms with Crippen LogP contribution in [0.3, 0.4) is 0 Å². The highest BCUT2D eigenvalue weighted by atomic mass is 31.1. The summed E-state index contributed by atoms with van der Waals surface area (Å²) in [6, 6.07) is 0. The number of carbonyl (C=O) groups excluding carboxylic acids is 1. The van der Waals surface area contributed by atoms with Crippen LogP contribution in [-0.2, 0) is 18.6 Å². The molecule has 0 aliphatic rings. The molecule has 0 amide bonds. The van der Waals surface area contributed by atoms with Gasteiger partial charge in [0, 0.05) is 6.08 Å². The molecule has 0 radical (unpaired) electrons. The molecule has 0 saturated heterocycles. The van der Waals surface area contributed by atoms with Crippen molar-refractivity contribution >= 4 is 14.7 Å². The summed E-state index contributed by atoms with van der Waals surface area (Å²) in [4.78, 5) is 10.1. The lowest BCUT2D eigenvalue weighted by Gasteiger charge is -2.22. The van der Waals surface area contributed by atoms with Crippen molar-refractivity contribution in [1.29, 1.82) is 0 Å². The second kappa shape index (κ2) is 11.7. The van der Waals surface area contributed by atoms with Crippen molar-refractivity contribution in [3.8, 4) is 0 Å². The monoisotopic (exact) mass is 266 g/mol. The topological polar surface area (TPSA) is 72.8 Å². The number of quaternary nitrogens is 1. The van der Waals surface area contributed by atoms with Gasteiger partial charge in [-0.2, -0.15) is 0 Å². The van der Waals surface area contributed by atoms with Gasteiger partial charge >= 0.3 is 14.7 Å². The van der Waals surface area contributed by atoms with Crippen molar-refractivity contribution in [2.24, 2.45) is 0 Å². The van der Waals surface area contributed by atoms with Crippen molar-refractivity contribution in [3.05, 3.63) is 12.7 Å². The van der Waals surface area contributed by atoms with Gasteiger partial charge in [-0.3, -0.25) is 4.52 Å². The van der Waals surface area contributed by atoms with E-state index in [9.17, 15) is 9.36 Å². The van der Waals surface area contributed by atoms with Crippen molar-refractivity contribution in [2.45, 2.75) is 0 Å². The first-order valence-corrected chi connectivity index (χ1v) is 5.75. The van der Waals surface area contributed by atoms with Crippen LogP contribution in [0.4, 0.5) is 0 Å². The molecule has 100 valence electrons. The minimum Gasteiger partial charge on any atom is -0.460 e. The Hall–Kier alpha value is -0.810. The Labute approximate surface area is 104 Å². The van der Waals surface area contributed by atoms with Crippen molar-refractivity contribution in [2.75, 3.05) is 47.5 Å². The highest BCUT2D eigenvalue weighted by molar-refractivity contribution is 7.17. The molecule has 0 atom stereocenters. The maximum atomic E-state index is 10.1. The van der Waals surface area contributed by atoms with E-state index in [-0.39, 0.29) is 21.9 Å². The fraction of sp³-hybridized carbons (Fsp3) is 0.700. The third-order valence-corrected chi connectivity index (χ3v) is 1.70. The van der Waals surface area contributed by atoms with Crippen LogP contribution in [0, 0.1) is 0 Å². The van der Waals surface area contributed by atoms with Crippen molar-refractivity contribution in [3.63, 3.8) is 0 Å². The highest BCUT2D eigenvalue weighted by Crippen LogP contribution is 1.96. The van der Waals surface area contributed by atoms with Crippen LogP contribution in [0.15, 0.2) is 12.7 Å². The zero-order valence-electron chi connectivity index (χ0n) is 10.6. The summed E-state index contributed by atoms with van der Waals surface area (Å²) in [5.74, 6) is -0.501. The third kappa shape index (κ3) is 21.1. The van der Waals surface area contributed by atoms with Gasteiger partial charge in [-0.15, -0.1) is 0 Å². The lowest BCUT2D eigenvalue weighted by atomic mass is 10.5. The quantitative estimate of drug-likeness (QED) is 0.240. The molecule has 0 aromatic carbocycles. The summed E-state index contributed by atoms with van der Waals surface area (Å²) in [7, 11) is 5.96. The molecule has 0 aromatic rings. The van der Waals surface area contributed by atoms with E-state index in [0.29, 0.717) is 6.61 Å². The fourth-order valence-corrected chi connectivity index (χ4v) is 0.713. The Kier molecular flexibility index (Phi) is 12.7. The number of aliphatic hydroxyl groups is 1. The molecule has 0 aromatic heterocycles. The van der Waals surface area contributed by atoms with Crippen LogP contribution in [0.25, 0.3) is 0 Å². The maximum Gasteiger partial charge on any atom is 0.330 e. The van der Waals surface area contributed by atoms with Crippen LogP contribution in [0.2, 0.25) is 0 Å². The standard InChI is InChI=1S/C5H13NO2P.C5H8O3/c1-6(2,3)4-5-8-9-7;1-2-5(7)8-4-3-6/h4-5H2,1-3H3;2,6H,1,3-4H2/q+1;. The molecule has 0 spiro atoms. The van der Waals surface area contributed by atoms with E-state index < -0.39 is 5.97 Å². The fourth-order valence-electron chi connectivity index (χ4n) is 0.557. The average molecular weight is 266 g/mol. The van der Waals surface area contributed by atoms with E-state index in [2.05, 4.69) is 37.0 Å². The van der Waals surface area contributed by atoms with Crippen molar-refractivity contribution < 1.29 is 28.2 Å². The molecular weight excluding hydrogens is 245 g/mol. The van der Waals surface area contributed by atoms with E-state index in [1.807, 2.05) is 0 Å². The Morgan fingerprint density at radius 3 is 2.35 bits per heavy atom. The zero-order chi connectivity index (χ0) is 13.7. The Morgan fingerprint density at radius 2 is 2.00 bits per heavy atom. The molecule has 1 N–H and O–H groups in total. The van der Waals surface area contributed by atoms with Gasteiger partial charge in [-0.25, -0.2) is 9.36 Å². The lowest BCUT2D eigenvalue weighted by molar-refractivity contribution is -0.870. The van der Waals surface area contributed by atoms with Gasteiger partial charge in [-0.1, -0.05) is 6.58 Å². The zero-order valence-corrected chi connectivity index (χ0v) is 11.5. The number of esters is 1. The van der Waals surface area contributed by atoms with Gasteiger partial charge in [0.25, 0.3) is 0 Å². The predicted octanol–water partition coefficient (Wildman–Crippen LogP) is 0.624. The van der Waals surface area contributed by atoms with E-state index >= 15 is 0 Å². The van der Waals surface area contributed by atoms with Gasteiger partial charge in [-0.05, 0) is 0 Å². The molecule has 0 rings (SSSR count). The smallest absolute Gasteiger partial charge is 0.330 e. The lowest BCUT2D eigenvalue weighted by Crippen LogP contribution is -2.37. The predicted molar refractivity (Wildman–Crippen MR) is 64.7 cm³/mol. The van der Waals surface area contributed by atoms with E-state index in [4.69, 9.17) is 5.11 Å². The molecule has 17 heavy (non-hydrogen) atoms. The number of carbonyl (C=O) groups is 1. The summed E-state index contributed by atoms with van der Waals surface area (Å²) >= 11 is 0. The Morgan fingerprint density at radius 1 is 1.41 bits per heavy atom. The van der Waals surface area contributed by atoms with Gasteiger partial charge < -0.3 is 14.3 Å². The first kappa shape index (κ1) is 18.6. The second-order valence-corrected chi connectivity index (χ2v) is 4.42. The number of hydrogen-bond acceptors (Lipinski definition) is 5. The normalized spacial score (nSPS) is 10.4. The third-order valence-electron chi connectivity index (χ3n) is 1.41. The van der Waals surface area contributed by atoms with Gasteiger partial charge in [0.2, 0.25) is 0 Å². The minimum atomic E-state index is -0.501. The van der Waals surface area contributed by atoms with Gasteiger partial charge in [0.15, 0.2) is 0 Å². The molecule has 0 unspecified atom stereocenters. The number of nitrogens with zero attached hydrogens (tertiary/aromatic N) is 1. The van der Waals surface area contributed by atoms with E-state index in [1.165, 1.54) is 0 Å². The second-order valence-electron chi connectivity index (χ2n) is 4.02. The Balaban J connectivity index is 0. The van der Waals surface area contributed by atoms with Crippen LogP contribution in [0.5, 0.6) is 0 Å². The molecule has 6 nitrogen and oxygen atoms in total. The summed E-state index contributed by atoms with van der Waals surface area (Å²) in [5, 5.41) is 8.10. The van der Waals surface area contributed by atoms with Crippen LogP contribution < -0.4 is 0 Å². The molecule has 0 bridgehead atoms. The first-order valence-electron chi connectivity index (χ1n) is 5.02. The van der Waals surface area contributed by atoms with Gasteiger partial charge in [0.05, 0.1) is 27.7 Å². The van der Waals surface area contributed by atoms with Gasteiger partial charge in [0.1, 0.15) is 19.8 Å². The van der Waals surface area contributed by atoms with E-state index in [0.717, 1.165) is 17.1 Å². The number of hydrogen-bond donors (Lipinski definition) is 1. The molecule has 7 heteroatoms. The molecule has 0 saturated carbocycles. The minimum absolute atomic E-state index is 0.0465. The molecule has 0 fully saturated rings. The number of aliphatic hydroxyl groups excluding tert-OH is 1. The van der Waals surface area contributed by atoms with Crippen molar-refractivity contribution in [1.82, 2.24) is 0 Å². The molecular formula is C10H21NO5P+. The maximum absolute atomic E-state index is 10.1. The largest absolute Gasteiger partial charge is 0.460 e. The molecule has 0 aliphatic carbocycles.